The van der Waals surface area contributed by atoms with Crippen LogP contribution in [-0.4, -0.2) is 31.3 Å². The molecular formula is C16H17N5O2. The number of carbonyl (C=O) groups is 1. The minimum absolute atomic E-state index is 0.393. The summed E-state index contributed by atoms with van der Waals surface area (Å²) >= 11 is 0. The van der Waals surface area contributed by atoms with E-state index in [1.54, 1.807) is 33.0 Å². The molecule has 0 unspecified atom stereocenters. The van der Waals surface area contributed by atoms with E-state index >= 15 is 0 Å². The standard InChI is InChI=1S/C16H17N5O2/c1-16(2,3)23-15(22)18-12-10-11(7-8-17-12)14-20-19-13-6-4-5-9-21(13)14/h4-10H,1-3H3,(H,17,18,22). The van der Waals surface area contributed by atoms with Crippen LogP contribution < -0.4 is 5.32 Å². The van der Waals surface area contributed by atoms with Crippen LogP contribution in [0.25, 0.3) is 17.0 Å². The maximum atomic E-state index is 11.8. The normalized spacial score (nSPS) is 11.4. The molecule has 0 saturated carbocycles. The maximum absolute atomic E-state index is 11.8. The Morgan fingerprint density at radius 1 is 1.22 bits per heavy atom. The number of ether oxygens (including phenoxy) is 1. The summed E-state index contributed by atoms with van der Waals surface area (Å²) in [5.74, 6) is 1.07. The third-order valence-corrected chi connectivity index (χ3v) is 2.96. The van der Waals surface area contributed by atoms with Crippen LogP contribution in [0.2, 0.25) is 0 Å². The Kier molecular flexibility index (Phi) is 3.69. The monoisotopic (exact) mass is 311 g/mol. The van der Waals surface area contributed by atoms with Crippen LogP contribution in [0.5, 0.6) is 0 Å². The van der Waals surface area contributed by atoms with Crippen molar-refractivity contribution < 1.29 is 9.53 Å². The van der Waals surface area contributed by atoms with Gasteiger partial charge in [-0.15, -0.1) is 10.2 Å². The zero-order valence-electron chi connectivity index (χ0n) is 13.1. The van der Waals surface area contributed by atoms with Crippen LogP contribution in [0.4, 0.5) is 10.6 Å². The largest absolute Gasteiger partial charge is 0.444 e. The minimum Gasteiger partial charge on any atom is -0.444 e. The number of anilines is 1. The molecule has 0 spiro atoms. The number of nitrogens with zero attached hydrogens (tertiary/aromatic N) is 4. The summed E-state index contributed by atoms with van der Waals surface area (Å²) in [6.07, 6.45) is 2.94. The van der Waals surface area contributed by atoms with Gasteiger partial charge in [0.15, 0.2) is 11.5 Å². The summed E-state index contributed by atoms with van der Waals surface area (Å²) in [6.45, 7) is 5.41. The number of aromatic nitrogens is 4. The predicted molar refractivity (Wildman–Crippen MR) is 86.1 cm³/mol. The van der Waals surface area contributed by atoms with Crippen molar-refractivity contribution in [3.8, 4) is 11.4 Å². The van der Waals surface area contributed by atoms with E-state index in [1.807, 2.05) is 34.9 Å². The smallest absolute Gasteiger partial charge is 0.413 e. The topological polar surface area (TPSA) is 81.4 Å². The molecule has 3 aromatic rings. The minimum atomic E-state index is -0.565. The maximum Gasteiger partial charge on any atom is 0.413 e. The molecule has 0 aromatic carbocycles. The fraction of sp³-hybridized carbons (Fsp3) is 0.250. The summed E-state index contributed by atoms with van der Waals surface area (Å²) in [5.41, 5.74) is 0.982. The highest BCUT2D eigenvalue weighted by atomic mass is 16.6. The molecule has 0 aliphatic rings. The van der Waals surface area contributed by atoms with Crippen LogP contribution in [0.3, 0.4) is 0 Å². The van der Waals surface area contributed by atoms with E-state index in [0.717, 1.165) is 11.2 Å². The van der Waals surface area contributed by atoms with E-state index in [2.05, 4.69) is 20.5 Å². The lowest BCUT2D eigenvalue weighted by molar-refractivity contribution is 0.0635. The zero-order valence-corrected chi connectivity index (χ0v) is 13.1. The SMILES string of the molecule is CC(C)(C)OC(=O)Nc1cc(-c2nnc3ccccn23)ccn1. The van der Waals surface area contributed by atoms with Crippen molar-refractivity contribution in [2.24, 2.45) is 0 Å². The number of fused-ring (bicyclic) bond motifs is 1. The van der Waals surface area contributed by atoms with Gasteiger partial charge in [-0.3, -0.25) is 9.72 Å². The fourth-order valence-electron chi connectivity index (χ4n) is 2.08. The number of rotatable bonds is 2. The molecule has 0 aliphatic heterocycles. The van der Waals surface area contributed by atoms with Gasteiger partial charge in [0.2, 0.25) is 0 Å². The fourth-order valence-corrected chi connectivity index (χ4v) is 2.08. The van der Waals surface area contributed by atoms with Crippen LogP contribution in [0.1, 0.15) is 20.8 Å². The number of carbonyl (C=O) groups excluding carboxylic acids is 1. The van der Waals surface area contributed by atoms with Crippen molar-refractivity contribution >= 4 is 17.6 Å². The Morgan fingerprint density at radius 2 is 2.04 bits per heavy atom. The quantitative estimate of drug-likeness (QED) is 0.786. The molecular weight excluding hydrogens is 294 g/mol. The van der Waals surface area contributed by atoms with Crippen molar-refractivity contribution in [1.82, 2.24) is 19.6 Å². The summed E-state index contributed by atoms with van der Waals surface area (Å²) in [5, 5.41) is 10.9. The molecule has 3 rings (SSSR count). The number of amides is 1. The number of hydrogen-bond donors (Lipinski definition) is 1. The van der Waals surface area contributed by atoms with Gasteiger partial charge in [-0.2, -0.15) is 0 Å². The van der Waals surface area contributed by atoms with Crippen molar-refractivity contribution in [3.63, 3.8) is 0 Å². The first-order chi connectivity index (χ1) is 10.9. The molecule has 0 bridgehead atoms. The molecule has 0 saturated heterocycles. The summed E-state index contributed by atoms with van der Waals surface area (Å²) in [6, 6.07) is 9.21. The molecule has 0 aliphatic carbocycles. The second-order valence-corrected chi connectivity index (χ2v) is 6.01. The van der Waals surface area contributed by atoms with Gasteiger partial charge in [-0.05, 0) is 45.0 Å². The number of hydrogen-bond acceptors (Lipinski definition) is 5. The van der Waals surface area contributed by atoms with Gasteiger partial charge in [0.1, 0.15) is 11.4 Å². The second-order valence-electron chi connectivity index (χ2n) is 6.01. The highest BCUT2D eigenvalue weighted by Gasteiger charge is 2.17. The molecule has 7 heteroatoms. The Hall–Kier alpha value is -2.96. The number of pyridine rings is 2. The average molecular weight is 311 g/mol. The van der Waals surface area contributed by atoms with Crippen LogP contribution in [0.15, 0.2) is 42.7 Å². The first-order valence-corrected chi connectivity index (χ1v) is 7.18. The lowest BCUT2D eigenvalue weighted by Gasteiger charge is -2.19. The van der Waals surface area contributed by atoms with Crippen LogP contribution >= 0.6 is 0 Å². The Morgan fingerprint density at radius 3 is 2.83 bits per heavy atom. The number of nitrogens with one attached hydrogen (secondary N) is 1. The Balaban J connectivity index is 1.87. The van der Waals surface area contributed by atoms with E-state index in [1.165, 1.54) is 0 Å². The van der Waals surface area contributed by atoms with Gasteiger partial charge in [0, 0.05) is 18.0 Å². The molecule has 7 nitrogen and oxygen atoms in total. The predicted octanol–water partition coefficient (Wildman–Crippen LogP) is 3.14. The zero-order chi connectivity index (χ0) is 16.4. The van der Waals surface area contributed by atoms with Gasteiger partial charge in [-0.25, -0.2) is 9.78 Å². The summed E-state index contributed by atoms with van der Waals surface area (Å²) in [7, 11) is 0. The summed E-state index contributed by atoms with van der Waals surface area (Å²) < 4.78 is 7.09. The van der Waals surface area contributed by atoms with Crippen molar-refractivity contribution in [2.45, 2.75) is 26.4 Å². The summed E-state index contributed by atoms with van der Waals surface area (Å²) in [4.78, 5) is 16.0. The van der Waals surface area contributed by atoms with E-state index < -0.39 is 11.7 Å². The van der Waals surface area contributed by atoms with Gasteiger partial charge in [-0.1, -0.05) is 6.07 Å². The first kappa shape index (κ1) is 15.0. The Bertz CT molecular complexity index is 851. The van der Waals surface area contributed by atoms with Crippen LogP contribution in [0, 0.1) is 0 Å². The molecule has 1 amide bonds. The van der Waals surface area contributed by atoms with Gasteiger partial charge < -0.3 is 4.74 Å². The first-order valence-electron chi connectivity index (χ1n) is 7.18. The lowest BCUT2D eigenvalue weighted by atomic mass is 10.2. The van der Waals surface area contributed by atoms with E-state index in [4.69, 9.17) is 4.74 Å². The highest BCUT2D eigenvalue weighted by Crippen LogP contribution is 2.20. The molecule has 0 fully saturated rings. The second kappa shape index (κ2) is 5.68. The molecule has 3 heterocycles. The highest BCUT2D eigenvalue weighted by molar-refractivity contribution is 5.84. The third kappa shape index (κ3) is 3.45. The molecule has 0 radical (unpaired) electrons. The molecule has 1 N–H and O–H groups in total. The molecule has 118 valence electrons. The van der Waals surface area contributed by atoms with Crippen molar-refractivity contribution in [3.05, 3.63) is 42.7 Å². The molecule has 3 aromatic heterocycles. The van der Waals surface area contributed by atoms with E-state index in [9.17, 15) is 4.79 Å². The van der Waals surface area contributed by atoms with Crippen molar-refractivity contribution in [1.29, 1.82) is 0 Å². The lowest BCUT2D eigenvalue weighted by Crippen LogP contribution is -2.27. The average Bonchev–Trinajstić information content (AvgIpc) is 2.89. The van der Waals surface area contributed by atoms with Gasteiger partial charge in [0.05, 0.1) is 0 Å². The molecule has 0 atom stereocenters. The Labute approximate surface area is 133 Å². The molecule has 23 heavy (non-hydrogen) atoms. The van der Waals surface area contributed by atoms with Crippen molar-refractivity contribution in [2.75, 3.05) is 5.32 Å². The van der Waals surface area contributed by atoms with Crippen LogP contribution in [-0.2, 0) is 4.74 Å². The van der Waals surface area contributed by atoms with E-state index in [-0.39, 0.29) is 0 Å². The van der Waals surface area contributed by atoms with Gasteiger partial charge >= 0.3 is 6.09 Å². The van der Waals surface area contributed by atoms with E-state index in [0.29, 0.717) is 11.6 Å². The third-order valence-electron chi connectivity index (χ3n) is 2.96. The van der Waals surface area contributed by atoms with Gasteiger partial charge in [0.25, 0.3) is 0 Å².